The molecule has 1 aliphatic rings. The van der Waals surface area contributed by atoms with Crippen molar-refractivity contribution in [2.24, 2.45) is 5.92 Å². The van der Waals surface area contributed by atoms with E-state index >= 15 is 0 Å². The van der Waals surface area contributed by atoms with Crippen LogP contribution in [0.5, 0.6) is 0 Å². The van der Waals surface area contributed by atoms with Crippen molar-refractivity contribution in [2.75, 3.05) is 20.8 Å². The SMILES string of the molecule is [B]C1C[C@H](/C=C/P(=O)(O)OC)[C@@H](OP(O)(=S)OCC)[C@H]1OC. The maximum atomic E-state index is 11.5. The quantitative estimate of drug-likeness (QED) is 0.495. The first-order valence-corrected chi connectivity index (χ1v) is 10.9. The van der Waals surface area contributed by atoms with Gasteiger partial charge in [-0.15, -0.1) is 0 Å². The maximum absolute atomic E-state index is 11.5. The second-order valence-corrected chi connectivity index (χ2v) is 9.39. The summed E-state index contributed by atoms with van der Waals surface area (Å²) in [5.41, 5.74) is 0. The molecule has 1 saturated carbocycles. The minimum Gasteiger partial charge on any atom is -0.379 e. The van der Waals surface area contributed by atoms with Gasteiger partial charge in [-0.2, -0.15) is 0 Å². The standard InChI is InChI=1S/C11H21BO7P2S/c1-4-18-21(15,22)19-10-8(5-6-20(13,14)17-3)7-9(12)11(10)16-2/h5-6,8-11H,4,7H2,1-3H3,(H,13,14)(H,15,22)/b6-5+/t8-,9?,10+,11-,21?/m0/s1. The third-order valence-corrected chi connectivity index (χ3v) is 6.06. The third kappa shape index (κ3) is 5.82. The second-order valence-electron chi connectivity index (χ2n) is 4.81. The molecule has 7 nitrogen and oxygen atoms in total. The highest BCUT2D eigenvalue weighted by Crippen LogP contribution is 2.52. The Balaban J connectivity index is 2.94. The Morgan fingerprint density at radius 2 is 2.00 bits per heavy atom. The van der Waals surface area contributed by atoms with Gasteiger partial charge in [0.2, 0.25) is 0 Å². The van der Waals surface area contributed by atoms with Crippen LogP contribution in [0.15, 0.2) is 11.9 Å². The molecule has 2 N–H and O–H groups in total. The van der Waals surface area contributed by atoms with Gasteiger partial charge in [0.05, 0.1) is 26.7 Å². The number of hydrogen-bond donors (Lipinski definition) is 2. The smallest absolute Gasteiger partial charge is 0.351 e. The van der Waals surface area contributed by atoms with Gasteiger partial charge in [-0.3, -0.25) is 4.57 Å². The topological polar surface area (TPSA) is 94.5 Å². The van der Waals surface area contributed by atoms with E-state index in [9.17, 15) is 14.4 Å². The summed E-state index contributed by atoms with van der Waals surface area (Å²) in [6.45, 7) is -1.53. The summed E-state index contributed by atoms with van der Waals surface area (Å²) in [6, 6.07) is 0. The molecule has 6 atom stereocenters. The Bertz CT molecular complexity index is 489. The highest BCUT2D eigenvalue weighted by atomic mass is 32.5. The zero-order valence-electron chi connectivity index (χ0n) is 12.7. The zero-order chi connectivity index (χ0) is 17.0. The molecule has 0 bridgehead atoms. The number of ether oxygens (including phenoxy) is 1. The van der Waals surface area contributed by atoms with Crippen molar-refractivity contribution in [2.45, 2.75) is 31.4 Å². The van der Waals surface area contributed by atoms with Gasteiger partial charge < -0.3 is 28.1 Å². The molecule has 0 aromatic rings. The molecule has 0 aromatic carbocycles. The minimum atomic E-state index is -3.79. The van der Waals surface area contributed by atoms with Gasteiger partial charge in [-0.05, 0) is 31.0 Å². The Labute approximate surface area is 137 Å². The summed E-state index contributed by atoms with van der Waals surface area (Å²) in [6.07, 6.45) is 0.751. The van der Waals surface area contributed by atoms with Crippen molar-refractivity contribution < 1.29 is 32.7 Å². The average molecular weight is 370 g/mol. The van der Waals surface area contributed by atoms with Gasteiger partial charge in [-0.25, -0.2) is 0 Å². The van der Waals surface area contributed by atoms with Crippen LogP contribution in [0, 0.1) is 5.92 Å². The Morgan fingerprint density at radius 3 is 2.50 bits per heavy atom. The monoisotopic (exact) mass is 370 g/mol. The molecule has 3 unspecified atom stereocenters. The van der Waals surface area contributed by atoms with Crippen LogP contribution < -0.4 is 0 Å². The van der Waals surface area contributed by atoms with Crippen molar-refractivity contribution in [3.05, 3.63) is 11.9 Å². The number of rotatable bonds is 8. The lowest BCUT2D eigenvalue weighted by Crippen LogP contribution is -2.30. The molecule has 11 heteroatoms. The fraction of sp³-hybridized carbons (Fsp3) is 0.818. The number of hydrogen-bond acceptors (Lipinski definition) is 6. The molecule has 0 aliphatic heterocycles. The minimum absolute atomic E-state index is 0.209. The van der Waals surface area contributed by atoms with E-state index in [4.69, 9.17) is 33.4 Å². The van der Waals surface area contributed by atoms with Crippen LogP contribution >= 0.6 is 14.3 Å². The van der Waals surface area contributed by atoms with Crippen molar-refractivity contribution in [3.63, 3.8) is 0 Å². The number of methoxy groups -OCH3 is 1. The fourth-order valence-electron chi connectivity index (χ4n) is 2.33. The lowest BCUT2D eigenvalue weighted by Gasteiger charge is -2.27. The van der Waals surface area contributed by atoms with Gasteiger partial charge >= 0.3 is 14.3 Å². The molecule has 22 heavy (non-hydrogen) atoms. The van der Waals surface area contributed by atoms with E-state index in [0.29, 0.717) is 6.42 Å². The first-order chi connectivity index (χ1) is 10.2. The first-order valence-electron chi connectivity index (χ1n) is 6.67. The molecule has 0 spiro atoms. The van der Waals surface area contributed by atoms with E-state index in [2.05, 4.69) is 4.52 Å². The van der Waals surface area contributed by atoms with Crippen LogP contribution in [0.3, 0.4) is 0 Å². The lowest BCUT2D eigenvalue weighted by atomic mass is 9.83. The van der Waals surface area contributed by atoms with Gasteiger partial charge in [0.15, 0.2) is 0 Å². The van der Waals surface area contributed by atoms with E-state index in [0.717, 1.165) is 12.9 Å². The van der Waals surface area contributed by atoms with Crippen LogP contribution in [0.2, 0.25) is 5.82 Å². The van der Waals surface area contributed by atoms with Crippen molar-refractivity contribution in [3.8, 4) is 0 Å². The van der Waals surface area contributed by atoms with Crippen LogP contribution in [-0.2, 0) is 34.7 Å². The molecule has 126 valence electrons. The van der Waals surface area contributed by atoms with Crippen LogP contribution in [0.25, 0.3) is 0 Å². The molecule has 0 aromatic heterocycles. The molecule has 1 aliphatic carbocycles. The van der Waals surface area contributed by atoms with E-state index in [1.165, 1.54) is 13.2 Å². The summed E-state index contributed by atoms with van der Waals surface area (Å²) < 4.78 is 31.9. The third-order valence-electron chi connectivity index (χ3n) is 3.31. The van der Waals surface area contributed by atoms with Crippen LogP contribution in [0.1, 0.15) is 13.3 Å². The lowest BCUT2D eigenvalue weighted by molar-refractivity contribution is 0.00384. The van der Waals surface area contributed by atoms with E-state index < -0.39 is 26.5 Å². The summed E-state index contributed by atoms with van der Waals surface area (Å²) >= 11 is 4.92. The Hall–Kier alpha value is 0.445. The molecule has 0 heterocycles. The summed E-state index contributed by atoms with van der Waals surface area (Å²) in [5.74, 6) is 0.354. The predicted molar refractivity (Wildman–Crippen MR) is 87.4 cm³/mol. The largest absolute Gasteiger partial charge is 0.379 e. The van der Waals surface area contributed by atoms with E-state index in [1.807, 2.05) is 0 Å². The van der Waals surface area contributed by atoms with Crippen molar-refractivity contribution in [1.82, 2.24) is 0 Å². The van der Waals surface area contributed by atoms with Crippen molar-refractivity contribution in [1.29, 1.82) is 0 Å². The van der Waals surface area contributed by atoms with E-state index in [1.54, 1.807) is 6.92 Å². The van der Waals surface area contributed by atoms with E-state index in [-0.39, 0.29) is 18.3 Å². The van der Waals surface area contributed by atoms with Crippen molar-refractivity contribution >= 4 is 34.0 Å². The molecule has 1 fully saturated rings. The molecule has 0 amide bonds. The predicted octanol–water partition coefficient (Wildman–Crippen LogP) is 1.96. The van der Waals surface area contributed by atoms with Gasteiger partial charge in [-0.1, -0.05) is 6.08 Å². The Kier molecular flexibility index (Phi) is 7.93. The summed E-state index contributed by atoms with van der Waals surface area (Å²) in [5, 5.41) is 0. The highest BCUT2D eigenvalue weighted by molar-refractivity contribution is 8.07. The summed E-state index contributed by atoms with van der Waals surface area (Å²) in [4.78, 5) is 19.4. The summed E-state index contributed by atoms with van der Waals surface area (Å²) in [7, 11) is 4.81. The second kappa shape index (κ2) is 8.52. The molecule has 1 rings (SSSR count). The normalized spacial score (nSPS) is 34.6. The molecule has 2 radical (unpaired) electrons. The molecule has 0 saturated heterocycles. The fourth-order valence-corrected chi connectivity index (χ4v) is 4.48. The molecular formula is C11H21BO7P2S. The van der Waals surface area contributed by atoms with Crippen LogP contribution in [-0.4, -0.2) is 50.7 Å². The van der Waals surface area contributed by atoms with Gasteiger partial charge in [0, 0.05) is 26.0 Å². The van der Waals surface area contributed by atoms with Gasteiger partial charge in [0.25, 0.3) is 0 Å². The molecular weight excluding hydrogens is 349 g/mol. The first kappa shape index (κ1) is 20.5. The maximum Gasteiger partial charge on any atom is 0.351 e. The Morgan fingerprint density at radius 1 is 1.36 bits per heavy atom. The van der Waals surface area contributed by atoms with Crippen LogP contribution in [0.4, 0.5) is 0 Å². The average Bonchev–Trinajstić information content (AvgIpc) is 2.71. The zero-order valence-corrected chi connectivity index (χ0v) is 15.3. The highest BCUT2D eigenvalue weighted by Gasteiger charge is 2.43. The van der Waals surface area contributed by atoms with Gasteiger partial charge in [0.1, 0.15) is 0 Å².